The molecule has 2 aromatic carbocycles. The molecule has 134 valence electrons. The van der Waals surface area contributed by atoms with E-state index in [9.17, 15) is 21.6 Å². The molecule has 3 aromatic rings. The van der Waals surface area contributed by atoms with Crippen molar-refractivity contribution >= 4 is 26.1 Å². The molecular weight excluding hydrogens is 374 g/mol. The van der Waals surface area contributed by atoms with Crippen LogP contribution in [0.3, 0.4) is 0 Å². The highest BCUT2D eigenvalue weighted by Crippen LogP contribution is 2.27. The summed E-state index contributed by atoms with van der Waals surface area (Å²) in [5.41, 5.74) is 1.13. The Morgan fingerprint density at radius 1 is 0.846 bits per heavy atom. The van der Waals surface area contributed by atoms with Crippen molar-refractivity contribution in [3.63, 3.8) is 0 Å². The SMILES string of the molecule is CS(=O)(=O)c1cccc(S(=O)(=O)n2cc(C=O)cc2-c2ccccc2)c1. The van der Waals surface area contributed by atoms with Gasteiger partial charge in [0.05, 0.1) is 15.5 Å². The molecule has 0 radical (unpaired) electrons. The predicted molar refractivity (Wildman–Crippen MR) is 97.4 cm³/mol. The first-order chi connectivity index (χ1) is 12.2. The molecule has 0 N–H and O–H groups in total. The second-order valence-corrected chi connectivity index (χ2v) is 9.52. The van der Waals surface area contributed by atoms with Crippen molar-refractivity contribution in [2.45, 2.75) is 9.79 Å². The minimum absolute atomic E-state index is 0.0948. The van der Waals surface area contributed by atoms with Gasteiger partial charge in [-0.15, -0.1) is 0 Å². The molecule has 0 saturated carbocycles. The Labute approximate surface area is 151 Å². The Morgan fingerprint density at radius 2 is 1.50 bits per heavy atom. The molecule has 0 bridgehead atoms. The van der Waals surface area contributed by atoms with Crippen LogP contribution in [-0.4, -0.2) is 33.3 Å². The van der Waals surface area contributed by atoms with Crippen LogP contribution >= 0.6 is 0 Å². The predicted octanol–water partition coefficient (Wildman–Crippen LogP) is 2.61. The summed E-state index contributed by atoms with van der Waals surface area (Å²) in [4.78, 5) is 10.9. The Kier molecular flexibility index (Phi) is 4.55. The van der Waals surface area contributed by atoms with Crippen LogP contribution in [0.15, 0.2) is 76.7 Å². The van der Waals surface area contributed by atoms with Crippen LogP contribution in [0.2, 0.25) is 0 Å². The van der Waals surface area contributed by atoms with Crippen LogP contribution in [0.25, 0.3) is 11.3 Å². The smallest absolute Gasteiger partial charge is 0.268 e. The van der Waals surface area contributed by atoms with Crippen molar-refractivity contribution in [1.82, 2.24) is 3.97 Å². The lowest BCUT2D eigenvalue weighted by atomic mass is 10.1. The zero-order valence-corrected chi connectivity index (χ0v) is 15.4. The standard InChI is InChI=1S/C18H15NO5S2/c1-25(21,22)16-8-5-9-17(11-16)26(23,24)19-12-14(13-20)10-18(19)15-6-3-2-4-7-15/h2-13H,1H3. The molecule has 1 heterocycles. The maximum absolute atomic E-state index is 13.1. The fourth-order valence-corrected chi connectivity index (χ4v) is 4.70. The van der Waals surface area contributed by atoms with Crippen molar-refractivity contribution in [1.29, 1.82) is 0 Å². The Hall–Kier alpha value is -2.71. The average Bonchev–Trinajstić information content (AvgIpc) is 3.07. The summed E-state index contributed by atoms with van der Waals surface area (Å²) in [6.45, 7) is 0. The maximum atomic E-state index is 13.1. The summed E-state index contributed by atoms with van der Waals surface area (Å²) < 4.78 is 50.6. The van der Waals surface area contributed by atoms with Crippen LogP contribution in [0, 0.1) is 0 Å². The van der Waals surface area contributed by atoms with E-state index >= 15 is 0 Å². The van der Waals surface area contributed by atoms with Crippen molar-refractivity contribution in [3.8, 4) is 11.3 Å². The van der Waals surface area contributed by atoms with Crippen LogP contribution in [0.4, 0.5) is 0 Å². The Morgan fingerprint density at radius 3 is 2.12 bits per heavy atom. The van der Waals surface area contributed by atoms with E-state index in [2.05, 4.69) is 0 Å². The zero-order valence-electron chi connectivity index (χ0n) is 13.7. The molecule has 0 aliphatic carbocycles. The molecule has 6 nitrogen and oxygen atoms in total. The van der Waals surface area contributed by atoms with Gasteiger partial charge in [-0.05, 0) is 29.8 Å². The number of hydrogen-bond donors (Lipinski definition) is 0. The van der Waals surface area contributed by atoms with Gasteiger partial charge in [0, 0.05) is 18.0 Å². The first-order valence-corrected chi connectivity index (χ1v) is 10.9. The minimum atomic E-state index is -4.10. The third-order valence-corrected chi connectivity index (χ3v) is 6.58. The summed E-state index contributed by atoms with van der Waals surface area (Å²) in [6, 6.07) is 15.4. The molecule has 0 amide bonds. The molecule has 0 aliphatic rings. The molecule has 0 atom stereocenters. The summed E-state index contributed by atoms with van der Waals surface area (Å²) in [6.07, 6.45) is 2.79. The first-order valence-electron chi connectivity index (χ1n) is 7.52. The number of hydrogen-bond acceptors (Lipinski definition) is 5. The van der Waals surface area contributed by atoms with Gasteiger partial charge in [0.15, 0.2) is 16.1 Å². The lowest BCUT2D eigenvalue weighted by Gasteiger charge is -2.11. The number of nitrogens with zero attached hydrogens (tertiary/aromatic N) is 1. The van der Waals surface area contributed by atoms with Gasteiger partial charge in [0.2, 0.25) is 0 Å². The molecule has 3 rings (SSSR count). The largest absolute Gasteiger partial charge is 0.298 e. The topological polar surface area (TPSA) is 90.3 Å². The van der Waals surface area contributed by atoms with E-state index in [0.717, 1.165) is 16.3 Å². The molecule has 1 aromatic heterocycles. The van der Waals surface area contributed by atoms with E-state index in [1.807, 2.05) is 0 Å². The Bertz CT molecular complexity index is 1180. The number of carbonyl (C=O) groups excluding carboxylic acids is 1. The fraction of sp³-hybridized carbons (Fsp3) is 0.0556. The maximum Gasteiger partial charge on any atom is 0.268 e. The van der Waals surface area contributed by atoms with Gasteiger partial charge in [-0.1, -0.05) is 36.4 Å². The molecule has 0 spiro atoms. The van der Waals surface area contributed by atoms with E-state index < -0.39 is 19.9 Å². The van der Waals surface area contributed by atoms with Crippen molar-refractivity contribution in [2.75, 3.05) is 6.26 Å². The number of benzene rings is 2. The summed E-state index contributed by atoms with van der Waals surface area (Å²) >= 11 is 0. The van der Waals surface area contributed by atoms with Crippen LogP contribution in [0.5, 0.6) is 0 Å². The third kappa shape index (κ3) is 3.33. The fourth-order valence-electron chi connectivity index (χ4n) is 2.53. The average molecular weight is 389 g/mol. The molecule has 26 heavy (non-hydrogen) atoms. The molecule has 0 fully saturated rings. The lowest BCUT2D eigenvalue weighted by molar-refractivity contribution is 0.112. The summed E-state index contributed by atoms with van der Waals surface area (Å²) in [7, 11) is -7.66. The number of rotatable bonds is 5. The first kappa shape index (κ1) is 18.1. The number of aldehydes is 1. The second-order valence-electron chi connectivity index (χ2n) is 5.69. The van der Waals surface area contributed by atoms with Gasteiger partial charge < -0.3 is 0 Å². The quantitative estimate of drug-likeness (QED) is 0.626. The number of aromatic nitrogens is 1. The third-order valence-electron chi connectivity index (χ3n) is 3.80. The van der Waals surface area contributed by atoms with Gasteiger partial charge in [-0.2, -0.15) is 0 Å². The zero-order chi connectivity index (χ0) is 18.9. The van der Waals surface area contributed by atoms with Crippen molar-refractivity contribution in [2.24, 2.45) is 0 Å². The molecule has 8 heteroatoms. The highest BCUT2D eigenvalue weighted by Gasteiger charge is 2.23. The van der Waals surface area contributed by atoms with Gasteiger partial charge >= 0.3 is 0 Å². The van der Waals surface area contributed by atoms with Gasteiger partial charge in [0.1, 0.15) is 0 Å². The Balaban J connectivity index is 2.23. The molecule has 0 unspecified atom stereocenters. The van der Waals surface area contributed by atoms with E-state index in [0.29, 0.717) is 17.5 Å². The number of carbonyl (C=O) groups is 1. The van der Waals surface area contributed by atoms with Gasteiger partial charge in [-0.3, -0.25) is 4.79 Å². The van der Waals surface area contributed by atoms with Crippen LogP contribution in [-0.2, 0) is 19.9 Å². The molecule has 0 aliphatic heterocycles. The van der Waals surface area contributed by atoms with Gasteiger partial charge in [0.25, 0.3) is 10.0 Å². The lowest BCUT2D eigenvalue weighted by Crippen LogP contribution is -2.14. The summed E-state index contributed by atoms with van der Waals surface area (Å²) in [5.74, 6) is 0. The monoisotopic (exact) mass is 389 g/mol. The molecule has 0 saturated heterocycles. The second kappa shape index (κ2) is 6.54. The normalized spacial score (nSPS) is 12.0. The van der Waals surface area contributed by atoms with Crippen molar-refractivity contribution in [3.05, 3.63) is 72.4 Å². The van der Waals surface area contributed by atoms with E-state index in [4.69, 9.17) is 0 Å². The highest BCUT2D eigenvalue weighted by molar-refractivity contribution is 7.91. The molecular formula is C18H15NO5S2. The van der Waals surface area contributed by atoms with E-state index in [1.165, 1.54) is 30.5 Å². The van der Waals surface area contributed by atoms with Crippen LogP contribution in [0.1, 0.15) is 10.4 Å². The van der Waals surface area contributed by atoms with E-state index in [1.54, 1.807) is 30.3 Å². The minimum Gasteiger partial charge on any atom is -0.298 e. The number of sulfone groups is 1. The van der Waals surface area contributed by atoms with E-state index in [-0.39, 0.29) is 15.4 Å². The van der Waals surface area contributed by atoms with Crippen molar-refractivity contribution < 1.29 is 21.6 Å². The highest BCUT2D eigenvalue weighted by atomic mass is 32.2. The summed E-state index contributed by atoms with van der Waals surface area (Å²) in [5, 5.41) is 0. The van der Waals surface area contributed by atoms with Crippen LogP contribution < -0.4 is 0 Å². The van der Waals surface area contributed by atoms with Gasteiger partial charge in [-0.25, -0.2) is 20.8 Å².